The average molecular weight is 189 g/mol. The van der Waals surface area contributed by atoms with Crippen LogP contribution >= 0.6 is 0 Å². The third-order valence-corrected chi connectivity index (χ3v) is 1.47. The Hall–Kier alpha value is -0.770. The van der Waals surface area contributed by atoms with Crippen LogP contribution in [0.2, 0.25) is 0 Å². The summed E-state index contributed by atoms with van der Waals surface area (Å²) in [6, 6.07) is 0. The predicted molar refractivity (Wildman–Crippen MR) is 50.5 cm³/mol. The Bertz CT molecular complexity index is 139. The summed E-state index contributed by atoms with van der Waals surface area (Å²) in [6.45, 7) is 6.82. The Morgan fingerprint density at radius 1 is 1.46 bits per heavy atom. The van der Waals surface area contributed by atoms with Gasteiger partial charge in [0.05, 0.1) is 0 Å². The van der Waals surface area contributed by atoms with Crippen LogP contribution in [0.25, 0.3) is 0 Å². The molecular weight excluding hydrogens is 170 g/mol. The lowest BCUT2D eigenvalue weighted by molar-refractivity contribution is -0.0865. The van der Waals surface area contributed by atoms with Crippen molar-refractivity contribution in [1.82, 2.24) is 5.32 Å². The molecule has 0 saturated carbocycles. The number of hydrogen-bond acceptors (Lipinski definition) is 3. The normalized spacial score (nSPS) is 12.2. The maximum atomic E-state index is 11.0. The number of alkyl carbamates (subject to hydrolysis) is 1. The van der Waals surface area contributed by atoms with Gasteiger partial charge in [0.2, 0.25) is 6.29 Å². The molecule has 0 aliphatic rings. The number of rotatable bonds is 6. The molecule has 0 heterocycles. The van der Waals surface area contributed by atoms with Crippen LogP contribution < -0.4 is 5.32 Å². The molecule has 0 fully saturated rings. The van der Waals surface area contributed by atoms with E-state index in [9.17, 15) is 4.79 Å². The number of amides is 1. The summed E-state index contributed by atoms with van der Waals surface area (Å²) in [5.74, 6) is 0. The molecule has 0 radical (unpaired) electrons. The van der Waals surface area contributed by atoms with E-state index in [-0.39, 0.29) is 0 Å². The molecule has 1 N–H and O–H groups in total. The highest BCUT2D eigenvalue weighted by atomic mass is 16.7. The van der Waals surface area contributed by atoms with Crippen molar-refractivity contribution in [3.63, 3.8) is 0 Å². The van der Waals surface area contributed by atoms with Gasteiger partial charge in [-0.05, 0) is 20.3 Å². The van der Waals surface area contributed by atoms with Crippen LogP contribution in [-0.2, 0) is 9.47 Å². The molecule has 1 unspecified atom stereocenters. The Labute approximate surface area is 79.6 Å². The fraction of sp³-hybridized carbons (Fsp3) is 0.889. The van der Waals surface area contributed by atoms with Gasteiger partial charge in [-0.15, -0.1) is 0 Å². The SMILES string of the molecule is CCCCNC(=O)OC(C)OCC. The van der Waals surface area contributed by atoms with Gasteiger partial charge in [0.25, 0.3) is 0 Å². The first-order valence-corrected chi connectivity index (χ1v) is 4.76. The van der Waals surface area contributed by atoms with Crippen molar-refractivity contribution in [2.45, 2.75) is 39.9 Å². The molecule has 1 atom stereocenters. The second-order valence-electron chi connectivity index (χ2n) is 2.71. The van der Waals surface area contributed by atoms with Crippen molar-refractivity contribution in [2.75, 3.05) is 13.2 Å². The number of carbonyl (C=O) groups is 1. The van der Waals surface area contributed by atoms with Gasteiger partial charge in [-0.25, -0.2) is 4.79 Å². The molecule has 78 valence electrons. The molecule has 4 nitrogen and oxygen atoms in total. The minimum atomic E-state index is -0.466. The largest absolute Gasteiger partial charge is 0.420 e. The van der Waals surface area contributed by atoms with Gasteiger partial charge in [-0.2, -0.15) is 0 Å². The van der Waals surface area contributed by atoms with Crippen LogP contribution in [-0.4, -0.2) is 25.5 Å². The Morgan fingerprint density at radius 2 is 2.15 bits per heavy atom. The van der Waals surface area contributed by atoms with E-state index >= 15 is 0 Å². The quantitative estimate of drug-likeness (QED) is 0.512. The number of hydrogen-bond donors (Lipinski definition) is 1. The second-order valence-corrected chi connectivity index (χ2v) is 2.71. The molecule has 1 amide bonds. The summed E-state index contributed by atoms with van der Waals surface area (Å²) in [5.41, 5.74) is 0. The minimum Gasteiger partial charge on any atom is -0.420 e. The lowest BCUT2D eigenvalue weighted by Crippen LogP contribution is -2.29. The standard InChI is InChI=1S/C9H19NO3/c1-4-6-7-10-9(11)13-8(3)12-5-2/h8H,4-7H2,1-3H3,(H,10,11). The number of carbonyl (C=O) groups excluding carboxylic acids is 1. The maximum Gasteiger partial charge on any atom is 0.409 e. The summed E-state index contributed by atoms with van der Waals surface area (Å²) >= 11 is 0. The van der Waals surface area contributed by atoms with Crippen molar-refractivity contribution < 1.29 is 14.3 Å². The lowest BCUT2D eigenvalue weighted by Gasteiger charge is -2.12. The summed E-state index contributed by atoms with van der Waals surface area (Å²) in [5, 5.41) is 2.63. The van der Waals surface area contributed by atoms with Crippen molar-refractivity contribution >= 4 is 6.09 Å². The molecule has 0 aliphatic carbocycles. The molecule has 0 bridgehead atoms. The topological polar surface area (TPSA) is 47.6 Å². The Kier molecular flexibility index (Phi) is 7.39. The zero-order valence-electron chi connectivity index (χ0n) is 8.63. The maximum absolute atomic E-state index is 11.0. The van der Waals surface area contributed by atoms with E-state index in [1.54, 1.807) is 6.92 Å². The van der Waals surface area contributed by atoms with E-state index in [2.05, 4.69) is 12.2 Å². The molecular formula is C9H19NO3. The molecule has 0 spiro atoms. The van der Waals surface area contributed by atoms with E-state index in [4.69, 9.17) is 9.47 Å². The van der Waals surface area contributed by atoms with Gasteiger partial charge in [-0.1, -0.05) is 13.3 Å². The molecule has 0 rings (SSSR count). The highest BCUT2D eigenvalue weighted by molar-refractivity contribution is 5.67. The Balaban J connectivity index is 3.38. The molecule has 0 aromatic carbocycles. The van der Waals surface area contributed by atoms with Crippen LogP contribution in [0.1, 0.15) is 33.6 Å². The van der Waals surface area contributed by atoms with Gasteiger partial charge >= 0.3 is 6.09 Å². The molecule has 13 heavy (non-hydrogen) atoms. The van der Waals surface area contributed by atoms with Gasteiger partial charge in [0.1, 0.15) is 0 Å². The smallest absolute Gasteiger partial charge is 0.409 e. The molecule has 0 aromatic rings. The van der Waals surface area contributed by atoms with Gasteiger partial charge in [0, 0.05) is 13.2 Å². The van der Waals surface area contributed by atoms with Crippen LogP contribution in [0.4, 0.5) is 4.79 Å². The summed E-state index contributed by atoms with van der Waals surface area (Å²) in [4.78, 5) is 11.0. The van der Waals surface area contributed by atoms with Crippen LogP contribution in [0.3, 0.4) is 0 Å². The van der Waals surface area contributed by atoms with Crippen LogP contribution in [0, 0.1) is 0 Å². The van der Waals surface area contributed by atoms with E-state index in [0.29, 0.717) is 13.2 Å². The molecule has 4 heteroatoms. The van der Waals surface area contributed by atoms with E-state index in [0.717, 1.165) is 12.8 Å². The van der Waals surface area contributed by atoms with E-state index in [1.165, 1.54) is 0 Å². The first-order valence-electron chi connectivity index (χ1n) is 4.76. The van der Waals surface area contributed by atoms with Crippen molar-refractivity contribution in [2.24, 2.45) is 0 Å². The zero-order chi connectivity index (χ0) is 10.1. The highest BCUT2D eigenvalue weighted by Crippen LogP contribution is 1.93. The molecule has 0 aliphatic heterocycles. The van der Waals surface area contributed by atoms with Gasteiger partial charge in [-0.3, -0.25) is 0 Å². The second kappa shape index (κ2) is 7.86. The van der Waals surface area contributed by atoms with Crippen LogP contribution in [0.5, 0.6) is 0 Å². The number of ether oxygens (including phenoxy) is 2. The molecule has 0 saturated heterocycles. The molecule has 0 aromatic heterocycles. The van der Waals surface area contributed by atoms with Gasteiger partial charge in [0.15, 0.2) is 0 Å². The summed E-state index contributed by atoms with van der Waals surface area (Å²) in [6.07, 6.45) is 1.15. The Morgan fingerprint density at radius 3 is 2.69 bits per heavy atom. The fourth-order valence-electron chi connectivity index (χ4n) is 0.828. The third-order valence-electron chi connectivity index (χ3n) is 1.47. The van der Waals surface area contributed by atoms with E-state index < -0.39 is 12.4 Å². The fourth-order valence-corrected chi connectivity index (χ4v) is 0.828. The zero-order valence-corrected chi connectivity index (χ0v) is 8.63. The third kappa shape index (κ3) is 7.59. The predicted octanol–water partition coefficient (Wildman–Crippen LogP) is 1.90. The summed E-state index contributed by atoms with van der Waals surface area (Å²) < 4.78 is 9.90. The minimum absolute atomic E-state index is 0.408. The van der Waals surface area contributed by atoms with Crippen molar-refractivity contribution in [3.8, 4) is 0 Å². The van der Waals surface area contributed by atoms with Crippen LogP contribution in [0.15, 0.2) is 0 Å². The van der Waals surface area contributed by atoms with Gasteiger partial charge < -0.3 is 14.8 Å². The average Bonchev–Trinajstić information content (AvgIpc) is 2.05. The number of nitrogens with one attached hydrogen (secondary N) is 1. The van der Waals surface area contributed by atoms with Crippen molar-refractivity contribution in [1.29, 1.82) is 0 Å². The monoisotopic (exact) mass is 189 g/mol. The number of unbranched alkanes of at least 4 members (excludes halogenated alkanes) is 1. The first kappa shape index (κ1) is 12.2. The lowest BCUT2D eigenvalue weighted by atomic mass is 10.3. The van der Waals surface area contributed by atoms with Crippen molar-refractivity contribution in [3.05, 3.63) is 0 Å². The highest BCUT2D eigenvalue weighted by Gasteiger charge is 2.06. The summed E-state index contributed by atoms with van der Waals surface area (Å²) in [7, 11) is 0. The van der Waals surface area contributed by atoms with E-state index in [1.807, 2.05) is 6.92 Å². The first-order chi connectivity index (χ1) is 6.20.